The molecule has 3 N–H and O–H groups in total. The molecular formula is C19H18ClN3O5. The Labute approximate surface area is 166 Å². The van der Waals surface area contributed by atoms with Gasteiger partial charge >= 0.3 is 5.97 Å². The van der Waals surface area contributed by atoms with Crippen LogP contribution in [0.3, 0.4) is 0 Å². The van der Waals surface area contributed by atoms with E-state index in [4.69, 9.17) is 16.3 Å². The van der Waals surface area contributed by atoms with E-state index in [2.05, 4.69) is 16.2 Å². The van der Waals surface area contributed by atoms with E-state index in [9.17, 15) is 19.2 Å². The van der Waals surface area contributed by atoms with Crippen LogP contribution >= 0.6 is 11.6 Å². The molecule has 0 unspecified atom stereocenters. The lowest BCUT2D eigenvalue weighted by atomic mass is 10.2. The van der Waals surface area contributed by atoms with Gasteiger partial charge in [-0.15, -0.1) is 0 Å². The maximum Gasteiger partial charge on any atom is 0.328 e. The molecule has 2 rings (SSSR count). The molecule has 2 aromatic carbocycles. The minimum absolute atomic E-state index is 0.213. The normalized spacial score (nSPS) is 11.1. The average Bonchev–Trinajstić information content (AvgIpc) is 2.70. The molecule has 0 bridgehead atoms. The second kappa shape index (κ2) is 10.1. The highest BCUT2D eigenvalue weighted by Crippen LogP contribution is 2.14. The van der Waals surface area contributed by atoms with Gasteiger partial charge in [0, 0.05) is 5.56 Å². The number of carbonyl (C=O) groups excluding carboxylic acids is 4. The fourth-order valence-electron chi connectivity index (χ4n) is 2.06. The highest BCUT2D eigenvalue weighted by atomic mass is 35.5. The van der Waals surface area contributed by atoms with Crippen LogP contribution in [0.15, 0.2) is 54.6 Å². The molecule has 1 atom stereocenters. The molecule has 8 nitrogen and oxygen atoms in total. The van der Waals surface area contributed by atoms with Crippen molar-refractivity contribution in [2.45, 2.75) is 13.0 Å². The van der Waals surface area contributed by atoms with E-state index in [-0.39, 0.29) is 10.6 Å². The zero-order valence-corrected chi connectivity index (χ0v) is 15.7. The Hall–Kier alpha value is -3.39. The third-order valence-electron chi connectivity index (χ3n) is 3.52. The first-order valence-corrected chi connectivity index (χ1v) is 8.62. The van der Waals surface area contributed by atoms with Gasteiger partial charge in [-0.05, 0) is 31.2 Å². The van der Waals surface area contributed by atoms with Gasteiger partial charge in [0.05, 0.1) is 10.6 Å². The molecule has 0 aliphatic carbocycles. The first-order chi connectivity index (χ1) is 13.4. The van der Waals surface area contributed by atoms with Crippen molar-refractivity contribution in [3.8, 4) is 0 Å². The number of halogens is 1. The molecule has 0 saturated carbocycles. The van der Waals surface area contributed by atoms with Crippen molar-refractivity contribution in [1.82, 2.24) is 16.2 Å². The Balaban J connectivity index is 1.75. The molecule has 28 heavy (non-hydrogen) atoms. The second-order valence-corrected chi connectivity index (χ2v) is 6.06. The highest BCUT2D eigenvalue weighted by molar-refractivity contribution is 6.33. The number of ether oxygens (including phenoxy) is 1. The molecule has 9 heteroatoms. The summed E-state index contributed by atoms with van der Waals surface area (Å²) >= 11 is 5.93. The number of nitrogens with one attached hydrogen (secondary N) is 3. The second-order valence-electron chi connectivity index (χ2n) is 5.65. The van der Waals surface area contributed by atoms with Crippen molar-refractivity contribution < 1.29 is 23.9 Å². The summed E-state index contributed by atoms with van der Waals surface area (Å²) in [6.07, 6.45) is 0. The third-order valence-corrected chi connectivity index (χ3v) is 3.85. The van der Waals surface area contributed by atoms with Gasteiger partial charge in [0.2, 0.25) is 0 Å². The van der Waals surface area contributed by atoms with Gasteiger partial charge in [-0.25, -0.2) is 4.79 Å². The molecule has 0 aliphatic heterocycles. The monoisotopic (exact) mass is 403 g/mol. The number of hydrogen-bond acceptors (Lipinski definition) is 5. The van der Waals surface area contributed by atoms with Crippen LogP contribution in [0.5, 0.6) is 0 Å². The van der Waals surface area contributed by atoms with E-state index in [1.165, 1.54) is 13.0 Å². The van der Waals surface area contributed by atoms with Crippen molar-refractivity contribution >= 4 is 35.3 Å². The van der Waals surface area contributed by atoms with Crippen molar-refractivity contribution in [2.24, 2.45) is 0 Å². The number of benzene rings is 2. The fraction of sp³-hybridized carbons (Fsp3) is 0.158. The predicted octanol–water partition coefficient (Wildman–Crippen LogP) is 1.46. The summed E-state index contributed by atoms with van der Waals surface area (Å²) in [7, 11) is 0. The quantitative estimate of drug-likeness (QED) is 0.499. The largest absolute Gasteiger partial charge is 0.454 e. The average molecular weight is 404 g/mol. The summed E-state index contributed by atoms with van der Waals surface area (Å²) in [5, 5.41) is 2.68. The number of hydrazine groups is 1. The lowest BCUT2D eigenvalue weighted by molar-refractivity contribution is -0.150. The lowest BCUT2D eigenvalue weighted by Gasteiger charge is -2.14. The predicted molar refractivity (Wildman–Crippen MR) is 101 cm³/mol. The number of hydrogen-bond donors (Lipinski definition) is 3. The van der Waals surface area contributed by atoms with E-state index >= 15 is 0 Å². The zero-order chi connectivity index (χ0) is 20.5. The highest BCUT2D eigenvalue weighted by Gasteiger charge is 2.20. The van der Waals surface area contributed by atoms with Crippen molar-refractivity contribution in [1.29, 1.82) is 0 Å². The summed E-state index contributed by atoms with van der Waals surface area (Å²) < 4.78 is 4.82. The molecule has 0 aliphatic rings. The molecule has 0 fully saturated rings. The van der Waals surface area contributed by atoms with Crippen LogP contribution < -0.4 is 16.2 Å². The number of esters is 1. The summed E-state index contributed by atoms with van der Waals surface area (Å²) in [5.74, 6) is -2.61. The fourth-order valence-corrected chi connectivity index (χ4v) is 2.29. The Morgan fingerprint density at radius 1 is 0.929 bits per heavy atom. The summed E-state index contributed by atoms with van der Waals surface area (Å²) in [6, 6.07) is 13.6. The molecule has 0 saturated heterocycles. The molecule has 146 valence electrons. The standard InChI is InChI=1S/C19H18ClN3O5/c1-12(21-18(26)14-9-5-6-10-15(14)20)19(27)28-11-16(24)22-23-17(25)13-7-3-2-4-8-13/h2-10,12H,11H2,1H3,(H,21,26)(H,22,24)(H,23,25)/t12-/m0/s1. The molecule has 2 aromatic rings. The van der Waals surface area contributed by atoms with E-state index in [1.54, 1.807) is 48.5 Å². The van der Waals surface area contributed by atoms with Crippen molar-refractivity contribution in [2.75, 3.05) is 6.61 Å². The van der Waals surface area contributed by atoms with Crippen molar-refractivity contribution in [3.63, 3.8) is 0 Å². The molecule has 0 heterocycles. The van der Waals surface area contributed by atoms with Gasteiger partial charge < -0.3 is 10.1 Å². The molecular weight excluding hydrogens is 386 g/mol. The number of amides is 3. The van der Waals surface area contributed by atoms with E-state index in [0.717, 1.165) is 0 Å². The topological polar surface area (TPSA) is 114 Å². The lowest BCUT2D eigenvalue weighted by Crippen LogP contribution is -2.45. The molecule has 0 aromatic heterocycles. The molecule has 3 amide bonds. The summed E-state index contributed by atoms with van der Waals surface area (Å²) in [5.41, 5.74) is 4.90. The maximum absolute atomic E-state index is 12.1. The van der Waals surface area contributed by atoms with Crippen LogP contribution in [0.2, 0.25) is 5.02 Å². The smallest absolute Gasteiger partial charge is 0.328 e. The van der Waals surface area contributed by atoms with Crippen LogP contribution in [0, 0.1) is 0 Å². The van der Waals surface area contributed by atoms with Crippen LogP contribution in [-0.2, 0) is 14.3 Å². The molecule has 0 spiro atoms. The van der Waals surface area contributed by atoms with Crippen LogP contribution in [0.1, 0.15) is 27.6 Å². The molecule has 0 radical (unpaired) electrons. The third kappa shape index (κ3) is 6.10. The summed E-state index contributed by atoms with van der Waals surface area (Å²) in [6.45, 7) is 0.784. The Kier molecular flexibility index (Phi) is 7.53. The van der Waals surface area contributed by atoms with Gasteiger partial charge in [-0.3, -0.25) is 25.2 Å². The van der Waals surface area contributed by atoms with Crippen LogP contribution in [0.4, 0.5) is 0 Å². The van der Waals surface area contributed by atoms with E-state index in [1.807, 2.05) is 0 Å². The Morgan fingerprint density at radius 2 is 1.57 bits per heavy atom. The number of carbonyl (C=O) groups is 4. The van der Waals surface area contributed by atoms with Gasteiger partial charge in [0.15, 0.2) is 6.61 Å². The van der Waals surface area contributed by atoms with Gasteiger partial charge in [0.1, 0.15) is 6.04 Å². The summed E-state index contributed by atoms with van der Waals surface area (Å²) in [4.78, 5) is 47.5. The van der Waals surface area contributed by atoms with Gasteiger partial charge in [-0.2, -0.15) is 0 Å². The van der Waals surface area contributed by atoms with E-state index < -0.39 is 36.3 Å². The number of rotatable bonds is 6. The van der Waals surface area contributed by atoms with Crippen molar-refractivity contribution in [3.05, 3.63) is 70.7 Å². The minimum Gasteiger partial charge on any atom is -0.454 e. The SMILES string of the molecule is C[C@H](NC(=O)c1ccccc1Cl)C(=O)OCC(=O)NNC(=O)c1ccccc1. The minimum atomic E-state index is -1.00. The first kappa shape index (κ1) is 20.9. The maximum atomic E-state index is 12.1. The van der Waals surface area contributed by atoms with E-state index in [0.29, 0.717) is 5.56 Å². The van der Waals surface area contributed by atoms with Gasteiger partial charge in [-0.1, -0.05) is 41.9 Å². The Bertz CT molecular complexity index is 873. The first-order valence-electron chi connectivity index (χ1n) is 8.24. The Morgan fingerprint density at radius 3 is 2.25 bits per heavy atom. The van der Waals surface area contributed by atoms with Crippen LogP contribution in [0.25, 0.3) is 0 Å². The van der Waals surface area contributed by atoms with Gasteiger partial charge in [0.25, 0.3) is 17.7 Å². The van der Waals surface area contributed by atoms with Crippen LogP contribution in [-0.4, -0.2) is 36.3 Å². The zero-order valence-electron chi connectivity index (χ0n) is 14.9.